The van der Waals surface area contributed by atoms with Crippen LogP contribution in [0.15, 0.2) is 0 Å². The van der Waals surface area contributed by atoms with Crippen LogP contribution in [0.5, 0.6) is 0 Å². The number of aromatic nitrogens is 1. The molecule has 0 bridgehead atoms. The third kappa shape index (κ3) is 3.61. The summed E-state index contributed by atoms with van der Waals surface area (Å²) in [5, 5.41) is 1.04. The minimum Gasteiger partial charge on any atom is -0.379 e. The predicted molar refractivity (Wildman–Crippen MR) is 76.9 cm³/mol. The van der Waals surface area contributed by atoms with Gasteiger partial charge >= 0.3 is 0 Å². The van der Waals surface area contributed by atoms with Crippen LogP contribution in [0, 0.1) is 0 Å². The zero-order valence-corrected chi connectivity index (χ0v) is 13.0. The van der Waals surface area contributed by atoms with Crippen molar-refractivity contribution >= 4 is 17.1 Å². The van der Waals surface area contributed by atoms with Gasteiger partial charge < -0.3 is 4.74 Å². The first-order valence-corrected chi connectivity index (χ1v) is 7.51. The number of nitrogens with zero attached hydrogens (tertiary/aromatic N) is 2. The molecule has 0 radical (unpaired) electrons. The molecule has 19 heavy (non-hydrogen) atoms. The molecular weight excluding hydrogens is 260 g/mol. The van der Waals surface area contributed by atoms with E-state index in [4.69, 9.17) is 9.72 Å². The van der Waals surface area contributed by atoms with Gasteiger partial charge in [-0.25, -0.2) is 4.98 Å². The summed E-state index contributed by atoms with van der Waals surface area (Å²) >= 11 is 1.54. The molecule has 1 aromatic rings. The van der Waals surface area contributed by atoms with Crippen LogP contribution >= 0.6 is 11.3 Å². The number of morpholine rings is 1. The van der Waals surface area contributed by atoms with Crippen molar-refractivity contribution in [3.8, 4) is 0 Å². The highest BCUT2D eigenvalue weighted by Gasteiger charge is 2.26. The van der Waals surface area contributed by atoms with Gasteiger partial charge in [-0.1, -0.05) is 20.8 Å². The van der Waals surface area contributed by atoms with E-state index in [0.29, 0.717) is 0 Å². The van der Waals surface area contributed by atoms with Gasteiger partial charge in [0.2, 0.25) is 0 Å². The molecule has 0 atom stereocenters. The van der Waals surface area contributed by atoms with Crippen molar-refractivity contribution in [2.24, 2.45) is 0 Å². The van der Waals surface area contributed by atoms with Gasteiger partial charge in [-0.2, -0.15) is 0 Å². The van der Waals surface area contributed by atoms with Crippen LogP contribution in [0.1, 0.15) is 48.1 Å². The van der Waals surface area contributed by atoms with Crippen molar-refractivity contribution in [3.63, 3.8) is 0 Å². The van der Waals surface area contributed by atoms with E-state index in [1.807, 2.05) is 0 Å². The summed E-state index contributed by atoms with van der Waals surface area (Å²) in [6, 6.07) is 0. The first kappa shape index (κ1) is 14.6. The molecule has 1 aromatic heterocycles. The van der Waals surface area contributed by atoms with Gasteiger partial charge in [-0.15, -0.1) is 11.3 Å². The maximum absolute atomic E-state index is 11.8. The highest BCUT2D eigenvalue weighted by Crippen LogP contribution is 2.30. The number of ketones is 1. The Labute approximate surface area is 118 Å². The van der Waals surface area contributed by atoms with E-state index in [1.54, 1.807) is 18.3 Å². The van der Waals surface area contributed by atoms with E-state index in [9.17, 15) is 4.79 Å². The molecule has 5 heteroatoms. The van der Waals surface area contributed by atoms with Crippen LogP contribution in [0.25, 0.3) is 0 Å². The fourth-order valence-corrected chi connectivity index (χ4v) is 3.34. The minimum atomic E-state index is -0.0826. The van der Waals surface area contributed by atoms with Crippen molar-refractivity contribution < 1.29 is 9.53 Å². The number of hydrogen-bond acceptors (Lipinski definition) is 5. The lowest BCUT2D eigenvalue weighted by Gasteiger charge is -2.25. The Morgan fingerprint density at radius 1 is 1.37 bits per heavy atom. The standard InChI is InChI=1S/C14H22N2O2S/c1-10(17)12-13(14(2,3)4)15-11(19-12)9-16-5-7-18-8-6-16/h5-9H2,1-4H3. The van der Waals surface area contributed by atoms with Gasteiger partial charge in [0.05, 0.1) is 30.3 Å². The maximum Gasteiger partial charge on any atom is 0.171 e. The minimum absolute atomic E-state index is 0.0826. The number of carbonyl (C=O) groups excluding carboxylic acids is 1. The topological polar surface area (TPSA) is 42.4 Å². The largest absolute Gasteiger partial charge is 0.379 e. The molecule has 0 saturated carbocycles. The molecule has 0 spiro atoms. The lowest BCUT2D eigenvalue weighted by molar-refractivity contribution is 0.0341. The monoisotopic (exact) mass is 282 g/mol. The SMILES string of the molecule is CC(=O)c1sc(CN2CCOCC2)nc1C(C)(C)C. The Morgan fingerprint density at radius 3 is 2.47 bits per heavy atom. The second-order valence-corrected chi connectivity index (χ2v) is 7.06. The number of hydrogen-bond donors (Lipinski definition) is 0. The smallest absolute Gasteiger partial charge is 0.171 e. The first-order chi connectivity index (χ1) is 8.88. The average molecular weight is 282 g/mol. The summed E-state index contributed by atoms with van der Waals surface area (Å²) in [6.07, 6.45) is 0. The molecule has 0 unspecified atom stereocenters. The predicted octanol–water partition coefficient (Wildman–Crippen LogP) is 2.48. The van der Waals surface area contributed by atoms with E-state index in [1.165, 1.54) is 0 Å². The summed E-state index contributed by atoms with van der Waals surface area (Å²) < 4.78 is 5.35. The van der Waals surface area contributed by atoms with E-state index >= 15 is 0 Å². The van der Waals surface area contributed by atoms with Crippen LogP contribution in [-0.2, 0) is 16.7 Å². The molecule has 0 amide bonds. The van der Waals surface area contributed by atoms with Crippen LogP contribution in [0.3, 0.4) is 0 Å². The van der Waals surface area contributed by atoms with Gasteiger partial charge in [0.25, 0.3) is 0 Å². The van der Waals surface area contributed by atoms with Crippen LogP contribution in [0.4, 0.5) is 0 Å². The lowest BCUT2D eigenvalue weighted by atomic mass is 9.91. The molecule has 1 saturated heterocycles. The number of rotatable bonds is 3. The zero-order chi connectivity index (χ0) is 14.0. The van der Waals surface area contributed by atoms with Crippen LogP contribution in [-0.4, -0.2) is 42.0 Å². The van der Waals surface area contributed by atoms with Crippen molar-refractivity contribution in [2.75, 3.05) is 26.3 Å². The summed E-state index contributed by atoms with van der Waals surface area (Å²) in [6.45, 7) is 12.2. The van der Waals surface area contributed by atoms with Crippen LogP contribution in [0.2, 0.25) is 0 Å². The van der Waals surface area contributed by atoms with Crippen molar-refractivity contribution in [2.45, 2.75) is 39.7 Å². The van der Waals surface area contributed by atoms with E-state index < -0.39 is 0 Å². The Bertz CT molecular complexity index is 457. The van der Waals surface area contributed by atoms with Crippen molar-refractivity contribution in [1.82, 2.24) is 9.88 Å². The number of ether oxygens (including phenoxy) is 1. The Hall–Kier alpha value is -0.780. The highest BCUT2D eigenvalue weighted by atomic mass is 32.1. The fraction of sp³-hybridized carbons (Fsp3) is 0.714. The van der Waals surface area contributed by atoms with E-state index in [2.05, 4.69) is 25.7 Å². The fourth-order valence-electron chi connectivity index (χ4n) is 2.13. The number of carbonyl (C=O) groups is 1. The third-order valence-electron chi connectivity index (χ3n) is 3.16. The molecule has 2 rings (SSSR count). The lowest BCUT2D eigenvalue weighted by Crippen LogP contribution is -2.35. The van der Waals surface area contributed by atoms with Gasteiger partial charge in [-0.3, -0.25) is 9.69 Å². The van der Waals surface area contributed by atoms with E-state index in [0.717, 1.165) is 48.4 Å². The second-order valence-electron chi connectivity index (χ2n) is 5.98. The summed E-state index contributed by atoms with van der Waals surface area (Å²) in [5.74, 6) is 0.121. The molecule has 2 heterocycles. The molecule has 0 N–H and O–H groups in total. The van der Waals surface area contributed by atoms with Crippen LogP contribution < -0.4 is 0 Å². The summed E-state index contributed by atoms with van der Waals surface area (Å²) in [4.78, 5) is 19.6. The highest BCUT2D eigenvalue weighted by molar-refractivity contribution is 7.13. The molecule has 1 aliphatic rings. The van der Waals surface area contributed by atoms with Crippen molar-refractivity contribution in [3.05, 3.63) is 15.6 Å². The van der Waals surface area contributed by atoms with Gasteiger partial charge in [0.1, 0.15) is 5.01 Å². The molecule has 1 fully saturated rings. The van der Waals surface area contributed by atoms with Gasteiger partial charge in [0, 0.05) is 25.4 Å². The first-order valence-electron chi connectivity index (χ1n) is 6.69. The molecule has 0 aromatic carbocycles. The normalized spacial score (nSPS) is 17.7. The van der Waals surface area contributed by atoms with Gasteiger partial charge in [0.15, 0.2) is 5.78 Å². The average Bonchev–Trinajstić information content (AvgIpc) is 2.74. The quantitative estimate of drug-likeness (QED) is 0.799. The number of Topliss-reactive ketones (excluding diaryl/α,β-unsaturated/α-hetero) is 1. The second kappa shape index (κ2) is 5.69. The number of thiazole rings is 1. The van der Waals surface area contributed by atoms with Crippen molar-refractivity contribution in [1.29, 1.82) is 0 Å². The zero-order valence-electron chi connectivity index (χ0n) is 12.2. The molecule has 1 aliphatic heterocycles. The third-order valence-corrected chi connectivity index (χ3v) is 4.31. The molecular formula is C14H22N2O2S. The Balaban J connectivity index is 2.20. The molecule has 4 nitrogen and oxygen atoms in total. The molecule has 0 aliphatic carbocycles. The summed E-state index contributed by atoms with van der Waals surface area (Å²) in [7, 11) is 0. The maximum atomic E-state index is 11.8. The summed E-state index contributed by atoms with van der Waals surface area (Å²) in [5.41, 5.74) is 0.856. The molecule has 106 valence electrons. The Morgan fingerprint density at radius 2 is 2.00 bits per heavy atom. The van der Waals surface area contributed by atoms with Gasteiger partial charge in [-0.05, 0) is 0 Å². The Kier molecular flexibility index (Phi) is 4.38. The van der Waals surface area contributed by atoms with E-state index in [-0.39, 0.29) is 11.2 Å².